The molecular weight excluding hydrogens is 358 g/mol. The van der Waals surface area contributed by atoms with Gasteiger partial charge in [-0.15, -0.1) is 11.3 Å². The van der Waals surface area contributed by atoms with E-state index in [1.54, 1.807) is 29.6 Å². The van der Waals surface area contributed by atoms with Gasteiger partial charge in [0.1, 0.15) is 5.75 Å². The number of carbonyl (C=O) groups excluding carboxylic acids is 1. The summed E-state index contributed by atoms with van der Waals surface area (Å²) in [7, 11) is 1.54. The van der Waals surface area contributed by atoms with Crippen molar-refractivity contribution in [2.45, 2.75) is 0 Å². The van der Waals surface area contributed by atoms with Crippen LogP contribution in [0.3, 0.4) is 0 Å². The van der Waals surface area contributed by atoms with Crippen LogP contribution in [-0.2, 0) is 0 Å². The SMILES string of the molecule is COc1csc(C(=O)Nc2ccc(Br)cc2/C(N)=N/O)c1. The van der Waals surface area contributed by atoms with Crippen molar-refractivity contribution in [3.8, 4) is 5.75 Å². The van der Waals surface area contributed by atoms with Gasteiger partial charge in [-0.2, -0.15) is 0 Å². The molecule has 1 heterocycles. The third kappa shape index (κ3) is 3.53. The second-order valence-corrected chi connectivity index (χ2v) is 5.81. The summed E-state index contributed by atoms with van der Waals surface area (Å²) in [5, 5.41) is 16.2. The Hall–Kier alpha value is -2.06. The normalized spacial score (nSPS) is 11.2. The standard InChI is InChI=1S/C13H12BrN3O3S/c1-20-8-5-11(21-6-8)13(18)16-10-3-2-7(14)4-9(10)12(15)17-19/h2-6,19H,1H3,(H2,15,17)(H,16,18). The number of hydrogen-bond acceptors (Lipinski definition) is 5. The minimum absolute atomic E-state index is 0.0876. The molecule has 0 spiro atoms. The van der Waals surface area contributed by atoms with E-state index in [9.17, 15) is 4.79 Å². The number of carbonyl (C=O) groups is 1. The number of anilines is 1. The Balaban J connectivity index is 2.28. The average molecular weight is 370 g/mol. The molecule has 0 fully saturated rings. The summed E-state index contributed by atoms with van der Waals surface area (Å²) in [5.74, 6) is 0.241. The molecule has 0 saturated heterocycles. The molecule has 0 saturated carbocycles. The van der Waals surface area contributed by atoms with Gasteiger partial charge in [0.15, 0.2) is 5.84 Å². The minimum Gasteiger partial charge on any atom is -0.496 e. The average Bonchev–Trinajstić information content (AvgIpc) is 2.97. The highest BCUT2D eigenvalue weighted by Crippen LogP contribution is 2.25. The Morgan fingerprint density at radius 2 is 2.24 bits per heavy atom. The number of nitrogens with zero attached hydrogens (tertiary/aromatic N) is 1. The van der Waals surface area contributed by atoms with Gasteiger partial charge in [0.25, 0.3) is 5.91 Å². The quantitative estimate of drug-likeness (QED) is 0.334. The number of nitrogens with one attached hydrogen (secondary N) is 1. The molecule has 0 radical (unpaired) electrons. The van der Waals surface area contributed by atoms with Crippen molar-refractivity contribution in [1.82, 2.24) is 0 Å². The van der Waals surface area contributed by atoms with Crippen LogP contribution in [0.4, 0.5) is 5.69 Å². The van der Waals surface area contributed by atoms with E-state index in [1.807, 2.05) is 0 Å². The largest absolute Gasteiger partial charge is 0.496 e. The Bertz CT molecular complexity index is 700. The van der Waals surface area contributed by atoms with E-state index in [2.05, 4.69) is 26.4 Å². The van der Waals surface area contributed by atoms with Crippen molar-refractivity contribution in [2.24, 2.45) is 10.9 Å². The van der Waals surface area contributed by atoms with Gasteiger partial charge in [0, 0.05) is 21.5 Å². The molecule has 0 aliphatic heterocycles. The van der Waals surface area contributed by atoms with Crippen LogP contribution < -0.4 is 15.8 Å². The number of amidine groups is 1. The lowest BCUT2D eigenvalue weighted by atomic mass is 10.1. The van der Waals surface area contributed by atoms with Gasteiger partial charge in [0.05, 0.1) is 17.7 Å². The highest BCUT2D eigenvalue weighted by Gasteiger charge is 2.14. The first kappa shape index (κ1) is 15.3. The summed E-state index contributed by atoms with van der Waals surface area (Å²) < 4.78 is 5.79. The maximum absolute atomic E-state index is 12.2. The molecule has 0 atom stereocenters. The maximum atomic E-state index is 12.2. The molecule has 4 N–H and O–H groups in total. The zero-order valence-corrected chi connectivity index (χ0v) is 13.4. The lowest BCUT2D eigenvalue weighted by Gasteiger charge is -2.10. The van der Waals surface area contributed by atoms with Crippen LogP contribution >= 0.6 is 27.3 Å². The van der Waals surface area contributed by atoms with Crippen molar-refractivity contribution >= 4 is 44.7 Å². The van der Waals surface area contributed by atoms with Gasteiger partial charge < -0.3 is 21.0 Å². The number of nitrogens with two attached hydrogens (primary N) is 1. The molecule has 0 aliphatic carbocycles. The summed E-state index contributed by atoms with van der Waals surface area (Å²) in [5.41, 5.74) is 6.48. The number of methoxy groups -OCH3 is 1. The van der Waals surface area contributed by atoms with E-state index >= 15 is 0 Å². The van der Waals surface area contributed by atoms with Crippen LogP contribution in [0.25, 0.3) is 0 Å². The maximum Gasteiger partial charge on any atom is 0.265 e. The molecule has 0 unspecified atom stereocenters. The molecule has 21 heavy (non-hydrogen) atoms. The van der Waals surface area contributed by atoms with Crippen molar-refractivity contribution < 1.29 is 14.7 Å². The Morgan fingerprint density at radius 3 is 2.86 bits per heavy atom. The van der Waals surface area contributed by atoms with Crippen LogP contribution in [0, 0.1) is 0 Å². The predicted molar refractivity (Wildman–Crippen MR) is 85.5 cm³/mol. The summed E-state index contributed by atoms with van der Waals surface area (Å²) in [6.07, 6.45) is 0. The molecule has 8 heteroatoms. The molecule has 1 aromatic heterocycles. The topological polar surface area (TPSA) is 96.9 Å². The van der Waals surface area contributed by atoms with Crippen LogP contribution in [0.5, 0.6) is 5.75 Å². The lowest BCUT2D eigenvalue weighted by molar-refractivity contribution is 0.103. The molecule has 1 aromatic carbocycles. The number of amides is 1. The molecule has 6 nitrogen and oxygen atoms in total. The van der Waals surface area contributed by atoms with Gasteiger partial charge in [-0.1, -0.05) is 21.1 Å². The second-order valence-electron chi connectivity index (χ2n) is 3.98. The highest BCUT2D eigenvalue weighted by atomic mass is 79.9. The monoisotopic (exact) mass is 369 g/mol. The van der Waals surface area contributed by atoms with Gasteiger partial charge >= 0.3 is 0 Å². The van der Waals surface area contributed by atoms with E-state index in [1.165, 1.54) is 18.4 Å². The second kappa shape index (κ2) is 6.59. The third-order valence-corrected chi connectivity index (χ3v) is 4.05. The molecule has 110 valence electrons. The molecule has 2 rings (SSSR count). The van der Waals surface area contributed by atoms with E-state index in [0.29, 0.717) is 21.9 Å². The fourth-order valence-electron chi connectivity index (χ4n) is 1.62. The van der Waals surface area contributed by atoms with Crippen LogP contribution in [0.1, 0.15) is 15.2 Å². The smallest absolute Gasteiger partial charge is 0.265 e. The number of halogens is 1. The summed E-state index contributed by atoms with van der Waals surface area (Å²) in [4.78, 5) is 12.7. The van der Waals surface area contributed by atoms with Gasteiger partial charge in [-0.3, -0.25) is 4.79 Å². The molecular formula is C13H12BrN3O3S. The first-order valence-electron chi connectivity index (χ1n) is 5.76. The first-order chi connectivity index (χ1) is 10.0. The first-order valence-corrected chi connectivity index (χ1v) is 7.43. The summed E-state index contributed by atoms with van der Waals surface area (Å²) in [6.45, 7) is 0. The minimum atomic E-state index is -0.294. The number of benzene rings is 1. The number of rotatable bonds is 4. The van der Waals surface area contributed by atoms with Crippen molar-refractivity contribution in [2.75, 3.05) is 12.4 Å². The fraction of sp³-hybridized carbons (Fsp3) is 0.0769. The van der Waals surface area contributed by atoms with E-state index in [4.69, 9.17) is 15.7 Å². The van der Waals surface area contributed by atoms with Crippen molar-refractivity contribution in [3.05, 3.63) is 44.6 Å². The Labute approximate surface area is 133 Å². The molecule has 2 aromatic rings. The van der Waals surface area contributed by atoms with Crippen molar-refractivity contribution in [1.29, 1.82) is 0 Å². The highest BCUT2D eigenvalue weighted by molar-refractivity contribution is 9.10. The fourth-order valence-corrected chi connectivity index (χ4v) is 2.73. The number of oxime groups is 1. The van der Waals surface area contributed by atoms with Gasteiger partial charge in [0.2, 0.25) is 0 Å². The summed E-state index contributed by atoms with van der Waals surface area (Å²) in [6, 6.07) is 6.71. The van der Waals surface area contributed by atoms with Crippen molar-refractivity contribution in [3.63, 3.8) is 0 Å². The predicted octanol–water partition coefficient (Wildman–Crippen LogP) is 2.87. The van der Waals surface area contributed by atoms with Crippen LogP contribution in [0.2, 0.25) is 0 Å². The lowest BCUT2D eigenvalue weighted by Crippen LogP contribution is -2.18. The van der Waals surface area contributed by atoms with E-state index in [-0.39, 0.29) is 11.7 Å². The number of ether oxygens (including phenoxy) is 1. The zero-order chi connectivity index (χ0) is 15.4. The van der Waals surface area contributed by atoms with Gasteiger partial charge in [-0.25, -0.2) is 0 Å². The summed E-state index contributed by atoms with van der Waals surface area (Å²) >= 11 is 4.57. The van der Waals surface area contributed by atoms with Gasteiger partial charge in [-0.05, 0) is 18.2 Å². The number of thiophene rings is 1. The third-order valence-electron chi connectivity index (χ3n) is 2.65. The molecule has 0 bridgehead atoms. The van der Waals surface area contributed by atoms with E-state index < -0.39 is 0 Å². The Kier molecular flexibility index (Phi) is 4.81. The van der Waals surface area contributed by atoms with Crippen LogP contribution in [0.15, 0.2) is 39.3 Å². The Morgan fingerprint density at radius 1 is 1.48 bits per heavy atom. The molecule has 1 amide bonds. The zero-order valence-electron chi connectivity index (χ0n) is 11.0. The number of hydrogen-bond donors (Lipinski definition) is 3. The van der Waals surface area contributed by atoms with Crippen LogP contribution in [-0.4, -0.2) is 24.1 Å². The van der Waals surface area contributed by atoms with E-state index in [0.717, 1.165) is 4.47 Å². The molecule has 0 aliphatic rings.